The topological polar surface area (TPSA) is 85.0 Å². The molecule has 0 atom stereocenters. The molecule has 0 amide bonds. The van der Waals surface area contributed by atoms with Crippen molar-refractivity contribution in [1.29, 1.82) is 0 Å². The molecule has 2 aromatic heterocycles. The second-order valence-corrected chi connectivity index (χ2v) is 6.99. The molecule has 3 aromatic rings. The summed E-state index contributed by atoms with van der Waals surface area (Å²) in [4.78, 5) is 17.0. The number of piperidine rings is 1. The second-order valence-electron chi connectivity index (χ2n) is 6.99. The molecular weight excluding hydrogens is 375 g/mol. The Bertz CT molecular complexity index is 1050. The predicted molar refractivity (Wildman–Crippen MR) is 95.2 cm³/mol. The molecule has 1 fully saturated rings. The highest BCUT2D eigenvalue weighted by Gasteiger charge is 2.31. The summed E-state index contributed by atoms with van der Waals surface area (Å²) in [6.45, 7) is 1.47. The van der Waals surface area contributed by atoms with Gasteiger partial charge in [-0.3, -0.25) is 9.36 Å². The van der Waals surface area contributed by atoms with Gasteiger partial charge in [0.15, 0.2) is 5.65 Å². The quantitative estimate of drug-likeness (QED) is 0.708. The smallest absolute Gasteiger partial charge is 0.388 e. The van der Waals surface area contributed by atoms with E-state index in [2.05, 4.69) is 15.4 Å². The third kappa shape index (κ3) is 3.40. The first-order valence-electron chi connectivity index (χ1n) is 8.81. The van der Waals surface area contributed by atoms with Crippen LogP contribution in [-0.2, 0) is 12.7 Å². The van der Waals surface area contributed by atoms with Crippen LogP contribution in [0.25, 0.3) is 16.7 Å². The van der Waals surface area contributed by atoms with Gasteiger partial charge in [-0.1, -0.05) is 0 Å². The van der Waals surface area contributed by atoms with Crippen molar-refractivity contribution in [2.24, 2.45) is 0 Å². The SMILES string of the molecule is O=c1c2cnn(-c3ccc(C(F)(F)F)cc3)c2ncn1CC1(O)CCNCC1. The van der Waals surface area contributed by atoms with Crippen molar-refractivity contribution in [2.45, 2.75) is 31.2 Å². The first-order valence-corrected chi connectivity index (χ1v) is 8.81. The lowest BCUT2D eigenvalue weighted by molar-refractivity contribution is -0.137. The number of hydrogen-bond donors (Lipinski definition) is 2. The van der Waals surface area contributed by atoms with Crippen molar-refractivity contribution in [2.75, 3.05) is 13.1 Å². The average molecular weight is 393 g/mol. The van der Waals surface area contributed by atoms with Crippen molar-refractivity contribution in [1.82, 2.24) is 24.6 Å². The van der Waals surface area contributed by atoms with Gasteiger partial charge < -0.3 is 10.4 Å². The average Bonchev–Trinajstić information content (AvgIpc) is 3.09. The normalized spacial score (nSPS) is 17.1. The third-order valence-corrected chi connectivity index (χ3v) is 4.99. The fourth-order valence-electron chi connectivity index (χ4n) is 3.41. The Morgan fingerprint density at radius 1 is 1.18 bits per heavy atom. The van der Waals surface area contributed by atoms with E-state index in [-0.39, 0.29) is 23.1 Å². The largest absolute Gasteiger partial charge is 0.416 e. The maximum atomic E-state index is 12.8. The molecule has 1 aliphatic heterocycles. The second kappa shape index (κ2) is 6.71. The highest BCUT2D eigenvalue weighted by Crippen LogP contribution is 2.29. The molecule has 1 saturated heterocycles. The highest BCUT2D eigenvalue weighted by atomic mass is 19.4. The van der Waals surface area contributed by atoms with E-state index in [9.17, 15) is 23.1 Å². The van der Waals surface area contributed by atoms with Crippen LogP contribution in [0.3, 0.4) is 0 Å². The van der Waals surface area contributed by atoms with Gasteiger partial charge in [0.1, 0.15) is 11.7 Å². The van der Waals surface area contributed by atoms with Gasteiger partial charge in [-0.25, -0.2) is 9.67 Å². The summed E-state index contributed by atoms with van der Waals surface area (Å²) >= 11 is 0. The number of hydrogen-bond acceptors (Lipinski definition) is 5. The van der Waals surface area contributed by atoms with Crippen LogP contribution >= 0.6 is 0 Å². The van der Waals surface area contributed by atoms with E-state index in [0.717, 1.165) is 12.1 Å². The van der Waals surface area contributed by atoms with Gasteiger partial charge in [0.05, 0.1) is 29.6 Å². The first-order chi connectivity index (χ1) is 13.3. The van der Waals surface area contributed by atoms with E-state index in [4.69, 9.17) is 0 Å². The molecule has 0 spiro atoms. The number of nitrogens with one attached hydrogen (secondary N) is 1. The van der Waals surface area contributed by atoms with Gasteiger partial charge in [0, 0.05) is 0 Å². The Hall–Kier alpha value is -2.72. The van der Waals surface area contributed by atoms with Gasteiger partial charge in [-0.15, -0.1) is 0 Å². The number of nitrogens with zero attached hydrogens (tertiary/aromatic N) is 4. The van der Waals surface area contributed by atoms with Crippen LogP contribution in [0, 0.1) is 0 Å². The van der Waals surface area contributed by atoms with Crippen molar-refractivity contribution >= 4 is 11.0 Å². The Balaban J connectivity index is 1.68. The number of rotatable bonds is 3. The number of aliphatic hydroxyl groups is 1. The number of alkyl halides is 3. The lowest BCUT2D eigenvalue weighted by Crippen LogP contribution is -2.46. The molecule has 28 heavy (non-hydrogen) atoms. The van der Waals surface area contributed by atoms with E-state index in [1.165, 1.54) is 33.9 Å². The molecule has 1 aliphatic rings. The number of halogens is 3. The Labute approximate surface area is 157 Å². The molecular formula is C18H18F3N5O2. The Morgan fingerprint density at radius 2 is 1.86 bits per heavy atom. The van der Waals surface area contributed by atoms with E-state index >= 15 is 0 Å². The molecule has 148 valence electrons. The van der Waals surface area contributed by atoms with Crippen molar-refractivity contribution in [3.8, 4) is 5.69 Å². The van der Waals surface area contributed by atoms with Crippen molar-refractivity contribution in [3.63, 3.8) is 0 Å². The molecule has 2 N–H and O–H groups in total. The van der Waals surface area contributed by atoms with Crippen LogP contribution in [-0.4, -0.2) is 43.1 Å². The van der Waals surface area contributed by atoms with E-state index in [1.54, 1.807) is 0 Å². The third-order valence-electron chi connectivity index (χ3n) is 4.99. The van der Waals surface area contributed by atoms with Gasteiger partial charge in [-0.05, 0) is 50.2 Å². The lowest BCUT2D eigenvalue weighted by atomic mass is 9.92. The summed E-state index contributed by atoms with van der Waals surface area (Å²) in [5, 5.41) is 18.2. The van der Waals surface area contributed by atoms with E-state index in [0.29, 0.717) is 31.6 Å². The molecule has 3 heterocycles. The summed E-state index contributed by atoms with van der Waals surface area (Å²) in [5.41, 5.74) is -1.48. The van der Waals surface area contributed by atoms with E-state index in [1.807, 2.05) is 0 Å². The zero-order chi connectivity index (χ0) is 19.9. The number of fused-ring (bicyclic) bond motifs is 1. The minimum Gasteiger partial charge on any atom is -0.388 e. The summed E-state index contributed by atoms with van der Waals surface area (Å²) in [7, 11) is 0. The fraction of sp³-hybridized carbons (Fsp3) is 0.389. The molecule has 10 heteroatoms. The maximum absolute atomic E-state index is 12.8. The van der Waals surface area contributed by atoms with Gasteiger partial charge in [0.2, 0.25) is 0 Å². The predicted octanol–water partition coefficient (Wildman–Crippen LogP) is 1.72. The molecule has 0 aliphatic carbocycles. The molecule has 0 unspecified atom stereocenters. The molecule has 4 rings (SSSR count). The monoisotopic (exact) mass is 393 g/mol. The van der Waals surface area contributed by atoms with Gasteiger partial charge >= 0.3 is 6.18 Å². The standard InChI is InChI=1S/C18H18F3N5O2/c19-18(20,21)12-1-3-13(4-2-12)26-15-14(9-24-26)16(27)25(11-23-15)10-17(28)5-7-22-8-6-17/h1-4,9,11,22,28H,5-8,10H2. The molecule has 0 bridgehead atoms. The first kappa shape index (κ1) is 18.6. The molecule has 1 aromatic carbocycles. The summed E-state index contributed by atoms with van der Waals surface area (Å²) < 4.78 is 40.9. The number of aromatic nitrogens is 4. The van der Waals surface area contributed by atoms with Crippen LogP contribution < -0.4 is 10.9 Å². The fourth-order valence-corrected chi connectivity index (χ4v) is 3.41. The zero-order valence-corrected chi connectivity index (χ0v) is 14.8. The molecule has 7 nitrogen and oxygen atoms in total. The van der Waals surface area contributed by atoms with Crippen molar-refractivity contribution in [3.05, 3.63) is 52.7 Å². The van der Waals surface area contributed by atoms with Crippen LogP contribution in [0.5, 0.6) is 0 Å². The van der Waals surface area contributed by atoms with Gasteiger partial charge in [-0.2, -0.15) is 18.3 Å². The van der Waals surface area contributed by atoms with Crippen LogP contribution in [0.1, 0.15) is 18.4 Å². The highest BCUT2D eigenvalue weighted by molar-refractivity contribution is 5.74. The summed E-state index contributed by atoms with van der Waals surface area (Å²) in [6.07, 6.45) is -0.686. The van der Waals surface area contributed by atoms with E-state index < -0.39 is 17.3 Å². The van der Waals surface area contributed by atoms with Crippen LogP contribution in [0.2, 0.25) is 0 Å². The van der Waals surface area contributed by atoms with Crippen LogP contribution in [0.15, 0.2) is 41.6 Å². The Kier molecular flexibility index (Phi) is 4.47. The minimum absolute atomic E-state index is 0.127. The Morgan fingerprint density at radius 3 is 2.50 bits per heavy atom. The minimum atomic E-state index is -4.43. The molecule has 0 radical (unpaired) electrons. The maximum Gasteiger partial charge on any atom is 0.416 e. The summed E-state index contributed by atoms with van der Waals surface area (Å²) in [5.74, 6) is 0. The molecule has 0 saturated carbocycles. The van der Waals surface area contributed by atoms with Gasteiger partial charge in [0.25, 0.3) is 5.56 Å². The number of benzene rings is 1. The lowest BCUT2D eigenvalue weighted by Gasteiger charge is -2.32. The zero-order valence-electron chi connectivity index (χ0n) is 14.8. The summed E-state index contributed by atoms with van der Waals surface area (Å²) in [6, 6.07) is 4.47. The van der Waals surface area contributed by atoms with Crippen molar-refractivity contribution < 1.29 is 18.3 Å². The van der Waals surface area contributed by atoms with Crippen LogP contribution in [0.4, 0.5) is 13.2 Å².